The first-order valence-corrected chi connectivity index (χ1v) is 12.5. The van der Waals surface area contributed by atoms with Crippen molar-refractivity contribution >= 4 is 50.9 Å². The fraction of sp³-hybridized carbons (Fsp3) is 0.348. The summed E-state index contributed by atoms with van der Waals surface area (Å²) in [5.74, 6) is 2.51. The third-order valence-electron chi connectivity index (χ3n) is 4.55. The zero-order chi connectivity index (χ0) is 24.0. The van der Waals surface area contributed by atoms with Gasteiger partial charge in [-0.3, -0.25) is 4.79 Å². The number of rotatable bonds is 10. The van der Waals surface area contributed by atoms with Crippen LogP contribution in [-0.4, -0.2) is 33.5 Å². The van der Waals surface area contributed by atoms with E-state index in [1.165, 1.54) is 11.8 Å². The van der Waals surface area contributed by atoms with Crippen LogP contribution in [-0.2, 0) is 11.3 Å². The van der Waals surface area contributed by atoms with Gasteiger partial charge in [0.2, 0.25) is 5.91 Å². The number of anilines is 1. The molecule has 33 heavy (non-hydrogen) atoms. The molecule has 0 saturated heterocycles. The van der Waals surface area contributed by atoms with Crippen LogP contribution in [0.4, 0.5) is 5.69 Å². The van der Waals surface area contributed by atoms with Gasteiger partial charge in [0.1, 0.15) is 11.5 Å². The van der Waals surface area contributed by atoms with Crippen LogP contribution in [0.1, 0.15) is 32.7 Å². The van der Waals surface area contributed by atoms with Gasteiger partial charge in [0.15, 0.2) is 17.1 Å². The van der Waals surface area contributed by atoms with Crippen LogP contribution >= 0.6 is 39.3 Å². The molecule has 3 rings (SSSR count). The Bertz CT molecular complexity index is 1110. The lowest BCUT2D eigenvalue weighted by atomic mass is 10.2. The van der Waals surface area contributed by atoms with Crippen LogP contribution in [0.2, 0.25) is 5.02 Å². The molecular formula is C23H26BrClN4O3S. The molecule has 0 fully saturated rings. The van der Waals surface area contributed by atoms with E-state index in [4.69, 9.17) is 21.1 Å². The Hall–Kier alpha value is -2.23. The van der Waals surface area contributed by atoms with Gasteiger partial charge in [-0.1, -0.05) is 43.3 Å². The van der Waals surface area contributed by atoms with Crippen molar-refractivity contribution in [3.05, 3.63) is 57.8 Å². The normalized spacial score (nSPS) is 12.0. The SMILES string of the molecule is COc1cccc(OC(C)c2nnc(SCC(=O)Nc3ccc(Br)c(Cl)c3)n2CC(C)C)c1. The molecule has 10 heteroatoms. The number of halogens is 2. The van der Waals surface area contributed by atoms with Gasteiger partial charge >= 0.3 is 0 Å². The highest BCUT2D eigenvalue weighted by Crippen LogP contribution is 2.28. The zero-order valence-corrected chi connectivity index (χ0v) is 22.0. The molecule has 0 aliphatic heterocycles. The Morgan fingerprint density at radius 2 is 1.94 bits per heavy atom. The van der Waals surface area contributed by atoms with Crippen LogP contribution in [0.5, 0.6) is 11.5 Å². The molecule has 0 saturated carbocycles. The number of thioether (sulfide) groups is 1. The predicted octanol–water partition coefficient (Wildman–Crippen LogP) is 6.23. The van der Waals surface area contributed by atoms with E-state index in [2.05, 4.69) is 45.3 Å². The number of carbonyl (C=O) groups excluding carboxylic acids is 1. The molecule has 7 nitrogen and oxygen atoms in total. The standard InChI is InChI=1S/C23H26BrClN4O3S/c1-14(2)12-29-22(15(3)32-18-7-5-6-17(11-18)31-4)27-28-23(29)33-13-21(30)26-16-8-9-19(24)20(25)10-16/h5-11,14-15H,12-13H2,1-4H3,(H,26,30). The zero-order valence-electron chi connectivity index (χ0n) is 18.8. The molecule has 3 aromatic rings. The summed E-state index contributed by atoms with van der Waals surface area (Å²) in [6.07, 6.45) is -0.337. The number of hydrogen-bond donors (Lipinski definition) is 1. The number of hydrogen-bond acceptors (Lipinski definition) is 6. The molecule has 0 aliphatic rings. The number of aromatic nitrogens is 3. The van der Waals surface area contributed by atoms with Gasteiger partial charge in [-0.15, -0.1) is 10.2 Å². The van der Waals surface area contributed by atoms with E-state index in [0.29, 0.717) is 39.9 Å². The fourth-order valence-electron chi connectivity index (χ4n) is 3.08. The van der Waals surface area contributed by atoms with Crippen molar-refractivity contribution in [2.75, 3.05) is 18.2 Å². The van der Waals surface area contributed by atoms with Crippen molar-refractivity contribution in [1.29, 1.82) is 0 Å². The maximum Gasteiger partial charge on any atom is 0.234 e. The molecule has 176 valence electrons. The van der Waals surface area contributed by atoms with Crippen LogP contribution in [0.25, 0.3) is 0 Å². The Balaban J connectivity index is 1.70. The highest BCUT2D eigenvalue weighted by atomic mass is 79.9. The lowest BCUT2D eigenvalue weighted by Gasteiger charge is -2.18. The average molecular weight is 554 g/mol. The molecule has 2 aromatic carbocycles. The number of nitrogens with one attached hydrogen (secondary N) is 1. The van der Waals surface area contributed by atoms with E-state index in [1.807, 2.05) is 35.8 Å². The first kappa shape index (κ1) is 25.4. The van der Waals surface area contributed by atoms with E-state index < -0.39 is 0 Å². The second kappa shape index (κ2) is 11.8. The lowest BCUT2D eigenvalue weighted by molar-refractivity contribution is -0.113. The van der Waals surface area contributed by atoms with Gasteiger partial charge in [-0.2, -0.15) is 0 Å². The minimum Gasteiger partial charge on any atom is -0.497 e. The second-order valence-corrected chi connectivity index (χ2v) is 9.95. The quantitative estimate of drug-likeness (QED) is 0.300. The molecule has 0 spiro atoms. The second-order valence-electron chi connectivity index (χ2n) is 7.75. The van der Waals surface area contributed by atoms with Crippen LogP contribution in [0.3, 0.4) is 0 Å². The van der Waals surface area contributed by atoms with E-state index in [9.17, 15) is 4.79 Å². The van der Waals surface area contributed by atoms with Crippen molar-refractivity contribution in [2.24, 2.45) is 5.92 Å². The number of nitrogens with zero attached hydrogens (tertiary/aromatic N) is 3. The minimum atomic E-state index is -0.337. The summed E-state index contributed by atoms with van der Waals surface area (Å²) in [7, 11) is 1.62. The van der Waals surface area contributed by atoms with Gasteiger partial charge in [0.25, 0.3) is 0 Å². The average Bonchev–Trinajstić information content (AvgIpc) is 3.17. The largest absolute Gasteiger partial charge is 0.497 e. The molecule has 0 bridgehead atoms. The number of methoxy groups -OCH3 is 1. The number of benzene rings is 2. The number of ether oxygens (including phenoxy) is 2. The first-order valence-electron chi connectivity index (χ1n) is 10.4. The topological polar surface area (TPSA) is 78.3 Å². The predicted molar refractivity (Wildman–Crippen MR) is 135 cm³/mol. The van der Waals surface area contributed by atoms with Crippen molar-refractivity contribution in [1.82, 2.24) is 14.8 Å². The Morgan fingerprint density at radius 3 is 2.64 bits per heavy atom. The maximum absolute atomic E-state index is 12.5. The fourth-order valence-corrected chi connectivity index (χ4v) is 4.26. The van der Waals surface area contributed by atoms with Crippen molar-refractivity contribution in [3.8, 4) is 11.5 Å². The summed E-state index contributed by atoms with van der Waals surface area (Å²) >= 11 is 10.8. The molecule has 1 N–H and O–H groups in total. The summed E-state index contributed by atoms with van der Waals surface area (Å²) in [4.78, 5) is 12.5. The molecule has 1 amide bonds. The molecule has 1 unspecified atom stereocenters. The van der Waals surface area contributed by atoms with Gasteiger partial charge in [0.05, 0.1) is 17.9 Å². The summed E-state index contributed by atoms with van der Waals surface area (Å²) in [5.41, 5.74) is 0.637. The van der Waals surface area contributed by atoms with Crippen molar-refractivity contribution < 1.29 is 14.3 Å². The third kappa shape index (κ3) is 7.12. The van der Waals surface area contributed by atoms with Crippen molar-refractivity contribution in [2.45, 2.75) is 38.6 Å². The third-order valence-corrected chi connectivity index (χ3v) is 6.75. The molecule has 1 aromatic heterocycles. The molecular weight excluding hydrogens is 528 g/mol. The van der Waals surface area contributed by atoms with Crippen LogP contribution in [0.15, 0.2) is 52.1 Å². The van der Waals surface area contributed by atoms with Crippen molar-refractivity contribution in [3.63, 3.8) is 0 Å². The van der Waals surface area contributed by atoms with E-state index >= 15 is 0 Å². The number of carbonyl (C=O) groups is 1. The summed E-state index contributed by atoms with van der Waals surface area (Å²) in [5, 5.41) is 12.8. The van der Waals surface area contributed by atoms with E-state index in [-0.39, 0.29) is 17.8 Å². The van der Waals surface area contributed by atoms with E-state index in [0.717, 1.165) is 10.2 Å². The minimum absolute atomic E-state index is 0.153. The van der Waals surface area contributed by atoms with Crippen LogP contribution < -0.4 is 14.8 Å². The monoisotopic (exact) mass is 552 g/mol. The summed E-state index contributed by atoms with van der Waals surface area (Å²) < 4.78 is 14.2. The molecule has 0 radical (unpaired) electrons. The highest BCUT2D eigenvalue weighted by molar-refractivity contribution is 9.10. The van der Waals surface area contributed by atoms with Gasteiger partial charge < -0.3 is 19.4 Å². The molecule has 0 aliphatic carbocycles. The van der Waals surface area contributed by atoms with Gasteiger partial charge in [0, 0.05) is 22.8 Å². The first-order chi connectivity index (χ1) is 15.8. The smallest absolute Gasteiger partial charge is 0.234 e. The van der Waals surface area contributed by atoms with Gasteiger partial charge in [-0.25, -0.2) is 0 Å². The Labute approximate surface area is 211 Å². The summed E-state index contributed by atoms with van der Waals surface area (Å²) in [6, 6.07) is 12.7. The van der Waals surface area contributed by atoms with E-state index in [1.54, 1.807) is 25.3 Å². The molecule has 1 atom stereocenters. The summed E-state index contributed by atoms with van der Waals surface area (Å²) in [6.45, 7) is 6.88. The Kier molecular flexibility index (Phi) is 9.05. The maximum atomic E-state index is 12.5. The van der Waals surface area contributed by atoms with Gasteiger partial charge in [-0.05, 0) is 59.1 Å². The Morgan fingerprint density at radius 1 is 1.18 bits per heavy atom. The molecule has 1 heterocycles. The highest BCUT2D eigenvalue weighted by Gasteiger charge is 2.21. The lowest BCUT2D eigenvalue weighted by Crippen LogP contribution is -2.17. The van der Waals surface area contributed by atoms with Crippen LogP contribution in [0, 0.1) is 5.92 Å². The number of amides is 1.